The first-order chi connectivity index (χ1) is 14.9. The van der Waals surface area contributed by atoms with E-state index >= 15 is 0 Å². The maximum atomic E-state index is 12.9. The summed E-state index contributed by atoms with van der Waals surface area (Å²) >= 11 is 5.93. The molecule has 3 aromatic rings. The average Bonchev–Trinajstić information content (AvgIpc) is 3.17. The monoisotopic (exact) mass is 461 g/mol. The number of anilines is 1. The van der Waals surface area contributed by atoms with Crippen LogP contribution in [0.25, 0.3) is 11.0 Å². The number of aryl methyl sites for hydroxylation is 1. The summed E-state index contributed by atoms with van der Waals surface area (Å²) in [4.78, 5) is 12.4. The smallest absolute Gasteiger partial charge is 0.243 e. The minimum Gasteiger partial charge on any atom is -0.326 e. The molecule has 1 amide bonds. The number of carbonyl (C=O) groups is 1. The summed E-state index contributed by atoms with van der Waals surface area (Å²) < 4.78 is 29.0. The third-order valence-electron chi connectivity index (χ3n) is 5.32. The molecule has 164 valence electrons. The fourth-order valence-electron chi connectivity index (χ4n) is 3.71. The van der Waals surface area contributed by atoms with E-state index in [0.29, 0.717) is 48.7 Å². The Balaban J connectivity index is 1.38. The molecule has 1 fully saturated rings. The van der Waals surface area contributed by atoms with Crippen molar-refractivity contribution in [2.24, 2.45) is 0 Å². The zero-order valence-corrected chi connectivity index (χ0v) is 18.6. The predicted octanol–water partition coefficient (Wildman–Crippen LogP) is 3.68. The van der Waals surface area contributed by atoms with E-state index in [9.17, 15) is 13.2 Å². The van der Waals surface area contributed by atoms with Crippen LogP contribution in [0.5, 0.6) is 0 Å². The molecule has 2 heterocycles. The van der Waals surface area contributed by atoms with Gasteiger partial charge in [0, 0.05) is 36.8 Å². The van der Waals surface area contributed by atoms with Crippen LogP contribution in [0.1, 0.15) is 32.1 Å². The standard InChI is InChI=1S/C21H24ClN5O3S/c22-16-6-4-7-17(14-16)23-21(28)8-5-13-27-20-10-9-18(15-19(20)24-25-27)31(29,30)26-11-2-1-3-12-26/h4,6-7,9-10,14-15H,1-3,5,8,11-13H2,(H,23,28). The minimum absolute atomic E-state index is 0.110. The van der Waals surface area contributed by atoms with Crippen molar-refractivity contribution in [3.05, 3.63) is 47.5 Å². The van der Waals surface area contributed by atoms with E-state index in [1.165, 1.54) is 0 Å². The molecule has 1 aliphatic heterocycles. The molecular formula is C21H24ClN5O3S. The molecule has 0 unspecified atom stereocenters. The molecule has 2 aromatic carbocycles. The van der Waals surface area contributed by atoms with Crippen molar-refractivity contribution < 1.29 is 13.2 Å². The van der Waals surface area contributed by atoms with Gasteiger partial charge in [-0.15, -0.1) is 5.10 Å². The number of nitrogens with one attached hydrogen (secondary N) is 1. The summed E-state index contributed by atoms with van der Waals surface area (Å²) in [6.45, 7) is 1.62. The van der Waals surface area contributed by atoms with E-state index in [0.717, 1.165) is 24.8 Å². The molecule has 1 saturated heterocycles. The highest BCUT2D eigenvalue weighted by Gasteiger charge is 2.26. The Morgan fingerprint density at radius 3 is 2.68 bits per heavy atom. The molecule has 1 N–H and O–H groups in total. The van der Waals surface area contributed by atoms with Crippen LogP contribution < -0.4 is 5.32 Å². The largest absolute Gasteiger partial charge is 0.326 e. The van der Waals surface area contributed by atoms with Crippen molar-refractivity contribution in [3.63, 3.8) is 0 Å². The van der Waals surface area contributed by atoms with Crippen LogP contribution >= 0.6 is 11.6 Å². The molecule has 0 aliphatic carbocycles. The van der Waals surface area contributed by atoms with Gasteiger partial charge < -0.3 is 5.32 Å². The molecule has 4 rings (SSSR count). The van der Waals surface area contributed by atoms with E-state index < -0.39 is 10.0 Å². The molecule has 31 heavy (non-hydrogen) atoms. The number of nitrogens with zero attached hydrogens (tertiary/aromatic N) is 4. The molecule has 8 nitrogen and oxygen atoms in total. The van der Waals surface area contributed by atoms with Crippen LogP contribution in [0.2, 0.25) is 5.02 Å². The molecule has 0 bridgehead atoms. The van der Waals surface area contributed by atoms with Crippen LogP contribution in [-0.2, 0) is 21.4 Å². The van der Waals surface area contributed by atoms with Crippen LogP contribution in [0.15, 0.2) is 47.4 Å². The highest BCUT2D eigenvalue weighted by molar-refractivity contribution is 7.89. The maximum Gasteiger partial charge on any atom is 0.243 e. The summed E-state index contributed by atoms with van der Waals surface area (Å²) in [5, 5.41) is 11.6. The lowest BCUT2D eigenvalue weighted by atomic mass is 10.2. The first kappa shape index (κ1) is 21.7. The quantitative estimate of drug-likeness (QED) is 0.578. The van der Waals surface area contributed by atoms with E-state index in [2.05, 4.69) is 15.6 Å². The van der Waals surface area contributed by atoms with Crippen LogP contribution in [0, 0.1) is 0 Å². The van der Waals surface area contributed by atoms with E-state index in [4.69, 9.17) is 11.6 Å². The first-order valence-corrected chi connectivity index (χ1v) is 12.1. The lowest BCUT2D eigenvalue weighted by molar-refractivity contribution is -0.116. The van der Waals surface area contributed by atoms with Gasteiger partial charge >= 0.3 is 0 Å². The average molecular weight is 462 g/mol. The summed E-state index contributed by atoms with van der Waals surface area (Å²) in [6.07, 6.45) is 3.73. The number of hydrogen-bond donors (Lipinski definition) is 1. The SMILES string of the molecule is O=C(CCCn1nnc2cc(S(=O)(=O)N3CCCCC3)ccc21)Nc1cccc(Cl)c1. The number of amides is 1. The summed E-state index contributed by atoms with van der Waals surface area (Å²) in [5.41, 5.74) is 1.93. The minimum atomic E-state index is -3.51. The summed E-state index contributed by atoms with van der Waals surface area (Å²) in [7, 11) is -3.51. The van der Waals surface area contributed by atoms with Gasteiger partial charge in [-0.05, 0) is 55.7 Å². The second kappa shape index (κ2) is 9.33. The Morgan fingerprint density at radius 1 is 1.10 bits per heavy atom. The lowest BCUT2D eigenvalue weighted by Crippen LogP contribution is -2.35. The van der Waals surface area contributed by atoms with Gasteiger partial charge in [0.15, 0.2) is 0 Å². The molecule has 0 spiro atoms. The lowest BCUT2D eigenvalue weighted by Gasteiger charge is -2.25. The number of aromatic nitrogens is 3. The van der Waals surface area contributed by atoms with Crippen molar-refractivity contribution in [1.82, 2.24) is 19.3 Å². The van der Waals surface area contributed by atoms with Crippen LogP contribution in [-0.4, -0.2) is 46.7 Å². The summed E-state index contributed by atoms with van der Waals surface area (Å²) in [6, 6.07) is 11.9. The normalized spacial score (nSPS) is 15.3. The van der Waals surface area contributed by atoms with Crippen LogP contribution in [0.3, 0.4) is 0 Å². The number of piperidine rings is 1. The topological polar surface area (TPSA) is 97.2 Å². The zero-order valence-electron chi connectivity index (χ0n) is 17.0. The zero-order chi connectivity index (χ0) is 21.8. The van der Waals surface area contributed by atoms with Crippen molar-refractivity contribution in [1.29, 1.82) is 0 Å². The number of hydrogen-bond acceptors (Lipinski definition) is 5. The molecule has 0 atom stereocenters. The van der Waals surface area contributed by atoms with Crippen molar-refractivity contribution in [2.45, 2.75) is 43.5 Å². The summed E-state index contributed by atoms with van der Waals surface area (Å²) in [5.74, 6) is -0.110. The van der Waals surface area contributed by atoms with Gasteiger partial charge in [0.05, 0.1) is 10.4 Å². The third kappa shape index (κ3) is 5.06. The van der Waals surface area contributed by atoms with Crippen molar-refractivity contribution in [2.75, 3.05) is 18.4 Å². The van der Waals surface area contributed by atoms with E-state index in [-0.39, 0.29) is 10.8 Å². The number of rotatable bonds is 7. The van der Waals surface area contributed by atoms with Gasteiger partial charge in [0.1, 0.15) is 5.52 Å². The van der Waals surface area contributed by atoms with Gasteiger partial charge in [0.2, 0.25) is 15.9 Å². The Morgan fingerprint density at radius 2 is 1.90 bits per heavy atom. The maximum absolute atomic E-state index is 12.9. The van der Waals surface area contributed by atoms with Crippen molar-refractivity contribution >= 4 is 44.3 Å². The fourth-order valence-corrected chi connectivity index (χ4v) is 5.44. The van der Waals surface area contributed by atoms with E-state index in [1.807, 2.05) is 0 Å². The predicted molar refractivity (Wildman–Crippen MR) is 119 cm³/mol. The number of carbonyl (C=O) groups excluding carboxylic acids is 1. The van der Waals surface area contributed by atoms with Gasteiger partial charge in [0.25, 0.3) is 0 Å². The van der Waals surface area contributed by atoms with Crippen LogP contribution in [0.4, 0.5) is 5.69 Å². The number of halogens is 1. The molecule has 0 saturated carbocycles. The second-order valence-electron chi connectivity index (χ2n) is 7.59. The molecular weight excluding hydrogens is 438 g/mol. The third-order valence-corrected chi connectivity index (χ3v) is 7.45. The first-order valence-electron chi connectivity index (χ1n) is 10.3. The highest BCUT2D eigenvalue weighted by atomic mass is 35.5. The van der Waals surface area contributed by atoms with Gasteiger partial charge in [-0.3, -0.25) is 4.79 Å². The van der Waals surface area contributed by atoms with Crippen molar-refractivity contribution in [3.8, 4) is 0 Å². The molecule has 1 aromatic heterocycles. The highest BCUT2D eigenvalue weighted by Crippen LogP contribution is 2.23. The Hall–Kier alpha value is -2.49. The fraction of sp³-hybridized carbons (Fsp3) is 0.381. The van der Waals surface area contributed by atoms with Gasteiger partial charge in [-0.25, -0.2) is 13.1 Å². The number of sulfonamides is 1. The van der Waals surface area contributed by atoms with E-state index in [1.54, 1.807) is 51.5 Å². The molecule has 10 heteroatoms. The number of fused-ring (bicyclic) bond motifs is 1. The molecule has 0 radical (unpaired) electrons. The second-order valence-corrected chi connectivity index (χ2v) is 9.96. The van der Waals surface area contributed by atoms with Gasteiger partial charge in [-0.1, -0.05) is 29.3 Å². The molecule has 1 aliphatic rings. The Kier molecular flexibility index (Phi) is 6.54. The van der Waals surface area contributed by atoms with Gasteiger partial charge in [-0.2, -0.15) is 4.31 Å². The Bertz CT molecular complexity index is 1190. The number of benzene rings is 2. The Labute approximate surface area is 186 Å².